The summed E-state index contributed by atoms with van der Waals surface area (Å²) in [6, 6.07) is 13.8. The van der Waals surface area contributed by atoms with Crippen LogP contribution in [0.25, 0.3) is 0 Å². The first-order chi connectivity index (χ1) is 13.3. The molecular weight excluding hydrogens is 392 g/mol. The predicted molar refractivity (Wildman–Crippen MR) is 114 cm³/mol. The van der Waals surface area contributed by atoms with Crippen molar-refractivity contribution in [3.05, 3.63) is 54.1 Å². The normalized spacial score (nSPS) is 20.7. The molecule has 2 unspecified atom stereocenters. The zero-order chi connectivity index (χ0) is 20.3. The summed E-state index contributed by atoms with van der Waals surface area (Å²) in [4.78, 5) is 13.7. The summed E-state index contributed by atoms with van der Waals surface area (Å²) < 4.78 is 27.8. The molecule has 2 aromatic carbocycles. The second kappa shape index (κ2) is 8.68. The van der Waals surface area contributed by atoms with E-state index in [1.54, 1.807) is 34.6 Å². The van der Waals surface area contributed by atoms with Crippen LogP contribution in [0.5, 0.6) is 0 Å². The third-order valence-corrected chi connectivity index (χ3v) is 8.09. The van der Waals surface area contributed by atoms with Crippen molar-refractivity contribution in [1.82, 2.24) is 4.31 Å². The molecule has 1 fully saturated rings. The lowest BCUT2D eigenvalue weighted by Crippen LogP contribution is -2.47. The van der Waals surface area contributed by atoms with Gasteiger partial charge in [0.1, 0.15) is 0 Å². The third-order valence-electron chi connectivity index (χ3n) is 5.15. The van der Waals surface area contributed by atoms with E-state index < -0.39 is 10.0 Å². The Morgan fingerprint density at radius 3 is 2.25 bits per heavy atom. The fraction of sp³-hybridized carbons (Fsp3) is 0.381. The lowest BCUT2D eigenvalue weighted by Gasteiger charge is -2.37. The van der Waals surface area contributed by atoms with Crippen LogP contribution in [-0.2, 0) is 10.0 Å². The smallest absolute Gasteiger partial charge is 0.256 e. The van der Waals surface area contributed by atoms with Crippen LogP contribution in [-0.4, -0.2) is 37.0 Å². The maximum absolute atomic E-state index is 13.1. The van der Waals surface area contributed by atoms with Crippen LogP contribution in [0.3, 0.4) is 0 Å². The molecular formula is C21H26N2O3S2. The second-order valence-electron chi connectivity index (χ2n) is 7.14. The number of benzene rings is 2. The van der Waals surface area contributed by atoms with E-state index in [0.717, 1.165) is 24.2 Å². The average Bonchev–Trinajstić information content (AvgIpc) is 2.68. The number of piperidine rings is 1. The van der Waals surface area contributed by atoms with Gasteiger partial charge in [0.05, 0.1) is 10.5 Å². The van der Waals surface area contributed by atoms with Gasteiger partial charge < -0.3 is 5.32 Å². The fourth-order valence-electron chi connectivity index (χ4n) is 3.73. The largest absolute Gasteiger partial charge is 0.322 e. The summed E-state index contributed by atoms with van der Waals surface area (Å²) in [7, 11) is -3.55. The van der Waals surface area contributed by atoms with E-state index in [1.165, 1.54) is 11.8 Å². The molecule has 1 amide bonds. The Bertz CT molecular complexity index is 932. The number of carbonyl (C=O) groups excluding carboxylic acids is 1. The quantitative estimate of drug-likeness (QED) is 0.720. The molecule has 1 saturated heterocycles. The lowest BCUT2D eigenvalue weighted by atomic mass is 10.0. The molecule has 0 spiro atoms. The standard InChI is InChI=1S/C21H26N2O3S2/c1-15-7-6-8-16(2)23(15)28(25,26)18-13-11-17(12-14-18)22-21(24)19-9-4-5-10-20(19)27-3/h4-5,9-16H,6-8H2,1-3H3,(H,22,24). The summed E-state index contributed by atoms with van der Waals surface area (Å²) >= 11 is 1.51. The summed E-state index contributed by atoms with van der Waals surface area (Å²) in [6.07, 6.45) is 4.74. The van der Waals surface area contributed by atoms with Crippen LogP contribution in [0.15, 0.2) is 58.3 Å². The molecule has 3 rings (SSSR count). The van der Waals surface area contributed by atoms with E-state index in [-0.39, 0.29) is 22.9 Å². The molecule has 1 heterocycles. The first-order valence-electron chi connectivity index (χ1n) is 9.42. The van der Waals surface area contributed by atoms with Gasteiger partial charge in [0, 0.05) is 22.7 Å². The van der Waals surface area contributed by atoms with Gasteiger partial charge in [-0.2, -0.15) is 4.31 Å². The van der Waals surface area contributed by atoms with Crippen molar-refractivity contribution in [3.8, 4) is 0 Å². The highest BCUT2D eigenvalue weighted by molar-refractivity contribution is 7.98. The molecule has 1 aliphatic rings. The first-order valence-corrected chi connectivity index (χ1v) is 12.1. The van der Waals surface area contributed by atoms with Crippen molar-refractivity contribution in [2.24, 2.45) is 0 Å². The Balaban J connectivity index is 1.79. The number of hydrogen-bond acceptors (Lipinski definition) is 4. The molecule has 150 valence electrons. The van der Waals surface area contributed by atoms with Gasteiger partial charge in [0.2, 0.25) is 10.0 Å². The molecule has 1 N–H and O–H groups in total. The number of nitrogens with zero attached hydrogens (tertiary/aromatic N) is 1. The van der Waals surface area contributed by atoms with Gasteiger partial charge in [-0.05, 0) is 69.3 Å². The molecule has 1 aliphatic heterocycles. The Morgan fingerprint density at radius 1 is 1.04 bits per heavy atom. The highest BCUT2D eigenvalue weighted by atomic mass is 32.2. The number of carbonyl (C=O) groups is 1. The average molecular weight is 419 g/mol. The summed E-state index contributed by atoms with van der Waals surface area (Å²) in [6.45, 7) is 3.93. The van der Waals surface area contributed by atoms with E-state index in [0.29, 0.717) is 11.3 Å². The van der Waals surface area contributed by atoms with E-state index in [1.807, 2.05) is 38.3 Å². The molecule has 2 atom stereocenters. The zero-order valence-electron chi connectivity index (χ0n) is 16.4. The summed E-state index contributed by atoms with van der Waals surface area (Å²) in [5.74, 6) is -0.209. The third kappa shape index (κ3) is 4.26. The highest BCUT2D eigenvalue weighted by Gasteiger charge is 2.35. The number of thioether (sulfide) groups is 1. The minimum absolute atomic E-state index is 0.00354. The maximum Gasteiger partial charge on any atom is 0.256 e. The Morgan fingerprint density at radius 2 is 1.64 bits per heavy atom. The van der Waals surface area contributed by atoms with Gasteiger partial charge in [-0.25, -0.2) is 8.42 Å². The van der Waals surface area contributed by atoms with E-state index >= 15 is 0 Å². The zero-order valence-corrected chi connectivity index (χ0v) is 18.0. The second-order valence-corrected chi connectivity index (χ2v) is 9.83. The molecule has 0 aliphatic carbocycles. The highest BCUT2D eigenvalue weighted by Crippen LogP contribution is 2.30. The van der Waals surface area contributed by atoms with Crippen LogP contribution < -0.4 is 5.32 Å². The molecule has 0 saturated carbocycles. The number of sulfonamides is 1. The number of rotatable bonds is 5. The predicted octanol–water partition coefficient (Wildman–Crippen LogP) is 4.61. The molecule has 7 heteroatoms. The van der Waals surface area contributed by atoms with Crippen LogP contribution in [0.1, 0.15) is 43.5 Å². The molecule has 0 aromatic heterocycles. The van der Waals surface area contributed by atoms with Gasteiger partial charge in [0.25, 0.3) is 5.91 Å². The van der Waals surface area contributed by atoms with Crippen molar-refractivity contribution in [3.63, 3.8) is 0 Å². The van der Waals surface area contributed by atoms with Crippen LogP contribution in [0.2, 0.25) is 0 Å². The molecule has 2 aromatic rings. The number of anilines is 1. The van der Waals surface area contributed by atoms with Gasteiger partial charge >= 0.3 is 0 Å². The minimum atomic E-state index is -3.55. The van der Waals surface area contributed by atoms with Gasteiger partial charge in [-0.3, -0.25) is 4.79 Å². The first kappa shape index (κ1) is 20.9. The SMILES string of the molecule is CSc1ccccc1C(=O)Nc1ccc(S(=O)(=O)N2C(C)CCCC2C)cc1. The number of amides is 1. The molecule has 28 heavy (non-hydrogen) atoms. The van der Waals surface area contributed by atoms with Crippen molar-refractivity contribution in [1.29, 1.82) is 0 Å². The molecule has 0 bridgehead atoms. The van der Waals surface area contributed by atoms with Crippen LogP contribution in [0.4, 0.5) is 5.69 Å². The van der Waals surface area contributed by atoms with Gasteiger partial charge in [-0.15, -0.1) is 11.8 Å². The van der Waals surface area contributed by atoms with E-state index in [2.05, 4.69) is 5.32 Å². The Labute approximate surface area is 171 Å². The van der Waals surface area contributed by atoms with Gasteiger partial charge in [-0.1, -0.05) is 18.6 Å². The van der Waals surface area contributed by atoms with E-state index in [4.69, 9.17) is 0 Å². The number of hydrogen-bond donors (Lipinski definition) is 1. The van der Waals surface area contributed by atoms with E-state index in [9.17, 15) is 13.2 Å². The minimum Gasteiger partial charge on any atom is -0.322 e. The topological polar surface area (TPSA) is 66.5 Å². The van der Waals surface area contributed by atoms with Crippen molar-refractivity contribution in [2.75, 3.05) is 11.6 Å². The monoisotopic (exact) mass is 418 g/mol. The van der Waals surface area contributed by atoms with Crippen molar-refractivity contribution in [2.45, 2.75) is 55.0 Å². The summed E-state index contributed by atoms with van der Waals surface area (Å²) in [5.41, 5.74) is 1.17. The van der Waals surface area contributed by atoms with Crippen LogP contribution in [0, 0.1) is 0 Å². The van der Waals surface area contributed by atoms with Crippen molar-refractivity contribution < 1.29 is 13.2 Å². The fourth-order valence-corrected chi connectivity index (χ4v) is 6.21. The summed E-state index contributed by atoms with van der Waals surface area (Å²) in [5, 5.41) is 2.85. The number of nitrogens with one attached hydrogen (secondary N) is 1. The molecule has 5 nitrogen and oxygen atoms in total. The lowest BCUT2D eigenvalue weighted by molar-refractivity contribution is 0.102. The maximum atomic E-state index is 13.1. The van der Waals surface area contributed by atoms with Gasteiger partial charge in [0.15, 0.2) is 0 Å². The van der Waals surface area contributed by atoms with Crippen LogP contribution >= 0.6 is 11.8 Å². The molecule has 0 radical (unpaired) electrons. The van der Waals surface area contributed by atoms with Crippen molar-refractivity contribution >= 4 is 33.4 Å². The Kier molecular flexibility index (Phi) is 6.47. The Hall–Kier alpha value is -1.83.